The lowest BCUT2D eigenvalue weighted by atomic mass is 9.94. The van der Waals surface area contributed by atoms with E-state index in [-0.39, 0.29) is 10.6 Å². The van der Waals surface area contributed by atoms with Crippen LogP contribution >= 0.6 is 0 Å². The van der Waals surface area contributed by atoms with Gasteiger partial charge in [-0.25, -0.2) is 0 Å². The molecule has 4 nitrogen and oxygen atoms in total. The lowest BCUT2D eigenvalue weighted by Gasteiger charge is -2.26. The molecule has 74 valence electrons. The lowest BCUT2D eigenvalue weighted by Crippen LogP contribution is -2.43. The van der Waals surface area contributed by atoms with E-state index in [2.05, 4.69) is 5.32 Å². The average molecular weight is 192 g/mol. The van der Waals surface area contributed by atoms with Crippen LogP contribution in [0.2, 0.25) is 0 Å². The summed E-state index contributed by atoms with van der Waals surface area (Å²) >= 11 is 0. The lowest BCUT2D eigenvalue weighted by molar-refractivity contribution is -0.384. The summed E-state index contributed by atoms with van der Waals surface area (Å²) in [6, 6.07) is 6.89. The molecule has 1 aliphatic rings. The van der Waals surface area contributed by atoms with Gasteiger partial charge in [0.2, 0.25) is 0 Å². The number of rotatable bonds is 3. The van der Waals surface area contributed by atoms with E-state index in [4.69, 9.17) is 0 Å². The molecule has 1 aromatic rings. The van der Waals surface area contributed by atoms with Crippen LogP contribution in [0.15, 0.2) is 24.3 Å². The molecule has 1 aliphatic heterocycles. The van der Waals surface area contributed by atoms with Crippen molar-refractivity contribution >= 4 is 5.69 Å². The van der Waals surface area contributed by atoms with Gasteiger partial charge in [-0.15, -0.1) is 0 Å². The average Bonchev–Trinajstić information content (AvgIpc) is 2.12. The molecule has 14 heavy (non-hydrogen) atoms. The van der Waals surface area contributed by atoms with Gasteiger partial charge in [0.25, 0.3) is 5.69 Å². The summed E-state index contributed by atoms with van der Waals surface area (Å²) in [5.74, 6) is 0.650. The third-order valence-corrected chi connectivity index (χ3v) is 2.51. The molecular formula is C10H12N2O2. The molecule has 0 radical (unpaired) electrons. The highest BCUT2D eigenvalue weighted by atomic mass is 16.6. The second-order valence-electron chi connectivity index (χ2n) is 3.66. The Hall–Kier alpha value is -1.42. The normalized spacial score (nSPS) is 16.3. The second-order valence-corrected chi connectivity index (χ2v) is 3.66. The highest BCUT2D eigenvalue weighted by Crippen LogP contribution is 2.17. The molecular weight excluding hydrogens is 180 g/mol. The van der Waals surface area contributed by atoms with Crippen molar-refractivity contribution in [3.63, 3.8) is 0 Å². The van der Waals surface area contributed by atoms with Crippen molar-refractivity contribution in [3.8, 4) is 0 Å². The monoisotopic (exact) mass is 192 g/mol. The first-order chi connectivity index (χ1) is 6.75. The van der Waals surface area contributed by atoms with E-state index < -0.39 is 0 Å². The Morgan fingerprint density at radius 1 is 1.50 bits per heavy atom. The van der Waals surface area contributed by atoms with E-state index >= 15 is 0 Å². The smallest absolute Gasteiger partial charge is 0.269 e. The van der Waals surface area contributed by atoms with Crippen LogP contribution in [0.5, 0.6) is 0 Å². The first-order valence-electron chi connectivity index (χ1n) is 4.70. The van der Waals surface area contributed by atoms with Gasteiger partial charge in [0.1, 0.15) is 0 Å². The maximum absolute atomic E-state index is 10.5. The minimum Gasteiger partial charge on any atom is -0.316 e. The Morgan fingerprint density at radius 3 is 2.86 bits per heavy atom. The third kappa shape index (κ3) is 1.90. The van der Waals surface area contributed by atoms with Crippen LogP contribution in [-0.2, 0) is 6.42 Å². The molecule has 0 spiro atoms. The summed E-state index contributed by atoms with van der Waals surface area (Å²) in [6.45, 7) is 2.06. The van der Waals surface area contributed by atoms with E-state index in [0.29, 0.717) is 5.92 Å². The maximum Gasteiger partial charge on any atom is 0.269 e. The summed E-state index contributed by atoms with van der Waals surface area (Å²) < 4.78 is 0. The van der Waals surface area contributed by atoms with Crippen molar-refractivity contribution in [1.82, 2.24) is 5.32 Å². The van der Waals surface area contributed by atoms with Gasteiger partial charge in [0.15, 0.2) is 0 Å². The molecule has 0 aromatic heterocycles. The van der Waals surface area contributed by atoms with Crippen LogP contribution in [0.3, 0.4) is 0 Å². The molecule has 0 bridgehead atoms. The standard InChI is InChI=1S/C10H12N2O2/c13-12(14)10-3-1-2-8(5-10)4-9-6-11-7-9/h1-3,5,9,11H,4,6-7H2. The van der Waals surface area contributed by atoms with Crippen molar-refractivity contribution in [2.75, 3.05) is 13.1 Å². The third-order valence-electron chi connectivity index (χ3n) is 2.51. The fourth-order valence-electron chi connectivity index (χ4n) is 1.62. The van der Waals surface area contributed by atoms with Crippen molar-refractivity contribution in [2.24, 2.45) is 5.92 Å². The van der Waals surface area contributed by atoms with Crippen molar-refractivity contribution in [1.29, 1.82) is 0 Å². The number of nitrogens with one attached hydrogen (secondary N) is 1. The van der Waals surface area contributed by atoms with Gasteiger partial charge in [0.05, 0.1) is 4.92 Å². The minimum atomic E-state index is -0.345. The van der Waals surface area contributed by atoms with Crippen LogP contribution in [0.25, 0.3) is 0 Å². The zero-order valence-electron chi connectivity index (χ0n) is 7.77. The van der Waals surface area contributed by atoms with Gasteiger partial charge in [0, 0.05) is 12.1 Å². The van der Waals surface area contributed by atoms with E-state index in [1.54, 1.807) is 12.1 Å². The number of nitro groups is 1. The van der Waals surface area contributed by atoms with Crippen molar-refractivity contribution < 1.29 is 4.92 Å². The second kappa shape index (κ2) is 3.75. The molecule has 1 heterocycles. The number of hydrogen-bond acceptors (Lipinski definition) is 3. The first-order valence-corrected chi connectivity index (χ1v) is 4.70. The van der Waals surface area contributed by atoms with E-state index in [1.165, 1.54) is 6.07 Å². The number of nitrogens with zero attached hydrogens (tertiary/aromatic N) is 1. The molecule has 1 N–H and O–H groups in total. The van der Waals surface area contributed by atoms with Gasteiger partial charge in [-0.2, -0.15) is 0 Å². The van der Waals surface area contributed by atoms with E-state index in [0.717, 1.165) is 25.1 Å². The first kappa shape index (κ1) is 9.15. The van der Waals surface area contributed by atoms with Gasteiger partial charge in [-0.3, -0.25) is 10.1 Å². The van der Waals surface area contributed by atoms with E-state index in [1.807, 2.05) is 6.07 Å². The molecule has 0 aliphatic carbocycles. The number of nitro benzene ring substituents is 1. The molecule has 1 fully saturated rings. The Kier molecular flexibility index (Phi) is 2.45. The van der Waals surface area contributed by atoms with Crippen molar-refractivity contribution in [2.45, 2.75) is 6.42 Å². The van der Waals surface area contributed by atoms with Crippen LogP contribution < -0.4 is 5.32 Å². The Labute approximate surface area is 82.1 Å². The molecule has 2 rings (SSSR count). The van der Waals surface area contributed by atoms with Gasteiger partial charge in [-0.05, 0) is 31.0 Å². The van der Waals surface area contributed by atoms with Crippen LogP contribution in [0, 0.1) is 16.0 Å². The summed E-state index contributed by atoms with van der Waals surface area (Å²) in [7, 11) is 0. The molecule has 4 heteroatoms. The number of benzene rings is 1. The number of non-ortho nitro benzene ring substituents is 1. The minimum absolute atomic E-state index is 0.190. The van der Waals surface area contributed by atoms with E-state index in [9.17, 15) is 10.1 Å². The Balaban J connectivity index is 2.09. The Morgan fingerprint density at radius 2 is 2.29 bits per heavy atom. The Bertz CT molecular complexity index is 348. The highest BCUT2D eigenvalue weighted by molar-refractivity contribution is 5.34. The highest BCUT2D eigenvalue weighted by Gasteiger charge is 2.17. The van der Waals surface area contributed by atoms with Crippen molar-refractivity contribution in [3.05, 3.63) is 39.9 Å². The molecule has 0 unspecified atom stereocenters. The largest absolute Gasteiger partial charge is 0.316 e. The summed E-state index contributed by atoms with van der Waals surface area (Å²) in [4.78, 5) is 10.2. The number of hydrogen-bond donors (Lipinski definition) is 1. The topological polar surface area (TPSA) is 55.2 Å². The van der Waals surface area contributed by atoms with Gasteiger partial charge in [-0.1, -0.05) is 12.1 Å². The predicted octanol–water partition coefficient (Wildman–Crippen LogP) is 1.36. The molecule has 0 atom stereocenters. The zero-order valence-corrected chi connectivity index (χ0v) is 7.77. The fourth-order valence-corrected chi connectivity index (χ4v) is 1.62. The summed E-state index contributed by atoms with van der Waals surface area (Å²) in [5, 5.41) is 13.7. The SMILES string of the molecule is O=[N+]([O-])c1cccc(CC2CNC2)c1. The molecule has 0 saturated carbocycles. The van der Waals surface area contributed by atoms with Gasteiger partial charge >= 0.3 is 0 Å². The fraction of sp³-hybridized carbons (Fsp3) is 0.400. The molecule has 0 amide bonds. The van der Waals surface area contributed by atoms with Gasteiger partial charge < -0.3 is 5.32 Å². The molecule has 1 saturated heterocycles. The molecule has 1 aromatic carbocycles. The zero-order chi connectivity index (χ0) is 9.97. The predicted molar refractivity (Wildman–Crippen MR) is 53.2 cm³/mol. The van der Waals surface area contributed by atoms with Crippen LogP contribution in [0.4, 0.5) is 5.69 Å². The maximum atomic E-state index is 10.5. The summed E-state index contributed by atoms with van der Waals surface area (Å²) in [6.07, 6.45) is 0.939. The quantitative estimate of drug-likeness (QED) is 0.581. The summed E-state index contributed by atoms with van der Waals surface area (Å²) in [5.41, 5.74) is 1.25. The van der Waals surface area contributed by atoms with Crippen LogP contribution in [-0.4, -0.2) is 18.0 Å². The van der Waals surface area contributed by atoms with Crippen LogP contribution in [0.1, 0.15) is 5.56 Å².